The van der Waals surface area contributed by atoms with Crippen molar-refractivity contribution >= 4 is 29.2 Å². The molecule has 4 nitrogen and oxygen atoms in total. The number of fused-ring (bicyclic) bond motifs is 1. The SMILES string of the molecule is Cc1ccc(C(=O)N=C2Cc3cc(Cl)ccc3OC2=O)cc1. The first-order valence-corrected chi connectivity index (χ1v) is 7.10. The lowest BCUT2D eigenvalue weighted by molar-refractivity contribution is -0.127. The summed E-state index contributed by atoms with van der Waals surface area (Å²) >= 11 is 5.93. The lowest BCUT2D eigenvalue weighted by Crippen LogP contribution is -2.28. The van der Waals surface area contributed by atoms with Crippen LogP contribution in [0.15, 0.2) is 47.5 Å². The number of ether oxygens (including phenoxy) is 1. The van der Waals surface area contributed by atoms with E-state index in [-0.39, 0.29) is 12.1 Å². The van der Waals surface area contributed by atoms with Gasteiger partial charge in [-0.2, -0.15) is 0 Å². The molecule has 0 radical (unpaired) electrons. The van der Waals surface area contributed by atoms with Crippen molar-refractivity contribution in [2.45, 2.75) is 13.3 Å². The molecule has 0 aromatic heterocycles. The van der Waals surface area contributed by atoms with E-state index in [4.69, 9.17) is 16.3 Å². The van der Waals surface area contributed by atoms with Gasteiger partial charge in [0, 0.05) is 22.6 Å². The highest BCUT2D eigenvalue weighted by atomic mass is 35.5. The van der Waals surface area contributed by atoms with Gasteiger partial charge in [-0.3, -0.25) is 4.79 Å². The Balaban J connectivity index is 1.89. The van der Waals surface area contributed by atoms with Crippen LogP contribution in [0.5, 0.6) is 5.75 Å². The molecule has 5 heteroatoms. The summed E-state index contributed by atoms with van der Waals surface area (Å²) in [6, 6.07) is 12.0. The van der Waals surface area contributed by atoms with Gasteiger partial charge in [0.1, 0.15) is 11.5 Å². The van der Waals surface area contributed by atoms with Gasteiger partial charge >= 0.3 is 5.97 Å². The number of carbonyl (C=O) groups excluding carboxylic acids is 2. The fourth-order valence-electron chi connectivity index (χ4n) is 2.17. The second-order valence-corrected chi connectivity index (χ2v) is 5.48. The molecule has 0 bridgehead atoms. The smallest absolute Gasteiger partial charge is 0.358 e. The Labute approximate surface area is 132 Å². The number of hydrogen-bond donors (Lipinski definition) is 0. The molecule has 110 valence electrons. The predicted molar refractivity (Wildman–Crippen MR) is 83.7 cm³/mol. The molecule has 1 aliphatic rings. The standard InChI is InChI=1S/C17H12ClNO3/c1-10-2-4-11(5-3-10)16(20)19-14-9-12-8-13(18)6-7-15(12)22-17(14)21/h2-8H,9H2,1H3. The summed E-state index contributed by atoms with van der Waals surface area (Å²) in [7, 11) is 0. The molecule has 22 heavy (non-hydrogen) atoms. The Bertz CT molecular complexity index is 794. The number of rotatable bonds is 1. The molecule has 1 heterocycles. The van der Waals surface area contributed by atoms with Gasteiger partial charge in [-0.1, -0.05) is 29.3 Å². The molecule has 0 unspecified atom stereocenters. The Kier molecular flexibility index (Phi) is 3.77. The van der Waals surface area contributed by atoms with E-state index in [2.05, 4.69) is 4.99 Å². The van der Waals surface area contributed by atoms with Gasteiger partial charge in [-0.15, -0.1) is 0 Å². The summed E-state index contributed by atoms with van der Waals surface area (Å²) in [5.41, 5.74) is 2.30. The van der Waals surface area contributed by atoms with Crippen LogP contribution in [-0.4, -0.2) is 17.6 Å². The molecular weight excluding hydrogens is 302 g/mol. The van der Waals surface area contributed by atoms with Crippen molar-refractivity contribution in [1.29, 1.82) is 0 Å². The summed E-state index contributed by atoms with van der Waals surface area (Å²) in [6.45, 7) is 1.93. The third kappa shape index (κ3) is 2.92. The highest BCUT2D eigenvalue weighted by Crippen LogP contribution is 2.27. The van der Waals surface area contributed by atoms with Crippen LogP contribution in [0.25, 0.3) is 0 Å². The molecule has 3 rings (SSSR count). The third-order valence-corrected chi connectivity index (χ3v) is 3.59. The molecule has 1 aliphatic heterocycles. The highest BCUT2D eigenvalue weighted by Gasteiger charge is 2.25. The zero-order valence-electron chi connectivity index (χ0n) is 11.8. The lowest BCUT2D eigenvalue weighted by Gasteiger charge is -2.16. The second-order valence-electron chi connectivity index (χ2n) is 5.05. The van der Waals surface area contributed by atoms with Crippen LogP contribution in [0.1, 0.15) is 21.5 Å². The molecule has 0 saturated heterocycles. The highest BCUT2D eigenvalue weighted by molar-refractivity contribution is 6.40. The number of esters is 1. The number of carbonyl (C=O) groups is 2. The summed E-state index contributed by atoms with van der Waals surface area (Å²) in [5.74, 6) is -0.608. The van der Waals surface area contributed by atoms with Crippen molar-refractivity contribution in [3.63, 3.8) is 0 Å². The van der Waals surface area contributed by atoms with E-state index in [0.717, 1.165) is 11.1 Å². The molecule has 1 amide bonds. The molecule has 0 saturated carbocycles. The van der Waals surface area contributed by atoms with Gasteiger partial charge in [-0.25, -0.2) is 9.79 Å². The maximum Gasteiger partial charge on any atom is 0.358 e. The minimum Gasteiger partial charge on any atom is -0.422 e. The van der Waals surface area contributed by atoms with E-state index in [0.29, 0.717) is 16.3 Å². The van der Waals surface area contributed by atoms with Crippen molar-refractivity contribution < 1.29 is 14.3 Å². The van der Waals surface area contributed by atoms with Crippen molar-refractivity contribution in [2.24, 2.45) is 4.99 Å². The van der Waals surface area contributed by atoms with Crippen LogP contribution >= 0.6 is 11.6 Å². The topological polar surface area (TPSA) is 55.7 Å². The summed E-state index contributed by atoms with van der Waals surface area (Å²) in [5, 5.41) is 0.543. The fraction of sp³-hybridized carbons (Fsp3) is 0.118. The van der Waals surface area contributed by atoms with E-state index in [1.165, 1.54) is 0 Å². The average Bonchev–Trinajstić information content (AvgIpc) is 2.49. The third-order valence-electron chi connectivity index (χ3n) is 3.35. The normalized spacial score (nSPS) is 15.4. The molecule has 0 atom stereocenters. The van der Waals surface area contributed by atoms with E-state index >= 15 is 0 Å². The van der Waals surface area contributed by atoms with Gasteiger partial charge in [0.05, 0.1) is 0 Å². The largest absolute Gasteiger partial charge is 0.422 e. The number of hydrogen-bond acceptors (Lipinski definition) is 3. The zero-order valence-corrected chi connectivity index (χ0v) is 12.6. The molecule has 0 spiro atoms. The minimum absolute atomic E-state index is 0.0836. The Morgan fingerprint density at radius 3 is 2.64 bits per heavy atom. The number of aliphatic imine (C=N–C) groups is 1. The molecule has 0 fully saturated rings. The Morgan fingerprint density at radius 1 is 1.18 bits per heavy atom. The monoisotopic (exact) mass is 313 g/mol. The maximum atomic E-state index is 12.1. The van der Waals surface area contributed by atoms with Crippen molar-refractivity contribution in [3.05, 3.63) is 64.2 Å². The first kappa shape index (κ1) is 14.5. The predicted octanol–water partition coefficient (Wildman–Crippen LogP) is 3.39. The van der Waals surface area contributed by atoms with Crippen LogP contribution < -0.4 is 4.74 Å². The van der Waals surface area contributed by atoms with E-state index in [1.54, 1.807) is 30.3 Å². The van der Waals surface area contributed by atoms with Crippen LogP contribution in [0, 0.1) is 6.92 Å². The van der Waals surface area contributed by atoms with Crippen molar-refractivity contribution in [3.8, 4) is 5.75 Å². The van der Waals surface area contributed by atoms with Crippen LogP contribution in [0.4, 0.5) is 0 Å². The fourth-order valence-corrected chi connectivity index (χ4v) is 2.36. The first-order chi connectivity index (χ1) is 10.5. The van der Waals surface area contributed by atoms with Crippen molar-refractivity contribution in [2.75, 3.05) is 0 Å². The summed E-state index contributed by atoms with van der Waals surface area (Å²) < 4.78 is 5.17. The first-order valence-electron chi connectivity index (χ1n) is 6.72. The molecule has 0 N–H and O–H groups in total. The lowest BCUT2D eigenvalue weighted by atomic mass is 10.0. The quantitative estimate of drug-likeness (QED) is 0.599. The average molecular weight is 314 g/mol. The van der Waals surface area contributed by atoms with Gasteiger partial charge in [0.2, 0.25) is 0 Å². The van der Waals surface area contributed by atoms with Gasteiger partial charge in [0.25, 0.3) is 5.91 Å². The number of halogens is 1. The number of nitrogens with zero attached hydrogens (tertiary/aromatic N) is 1. The summed E-state index contributed by atoms with van der Waals surface area (Å²) in [4.78, 5) is 28.0. The van der Waals surface area contributed by atoms with Crippen LogP contribution in [0.3, 0.4) is 0 Å². The van der Waals surface area contributed by atoms with Crippen LogP contribution in [0.2, 0.25) is 5.02 Å². The Hall–Kier alpha value is -2.46. The van der Waals surface area contributed by atoms with Crippen LogP contribution in [-0.2, 0) is 11.2 Å². The molecule has 0 aliphatic carbocycles. The van der Waals surface area contributed by atoms with E-state index in [1.807, 2.05) is 19.1 Å². The van der Waals surface area contributed by atoms with Crippen molar-refractivity contribution in [1.82, 2.24) is 0 Å². The number of aryl methyl sites for hydroxylation is 1. The van der Waals surface area contributed by atoms with E-state index < -0.39 is 11.9 Å². The minimum atomic E-state index is -0.602. The summed E-state index contributed by atoms with van der Waals surface area (Å²) in [6.07, 6.45) is 0.229. The second kappa shape index (κ2) is 5.73. The van der Waals surface area contributed by atoms with Gasteiger partial charge in [-0.05, 0) is 37.3 Å². The van der Waals surface area contributed by atoms with Gasteiger partial charge < -0.3 is 4.74 Å². The molecule has 2 aromatic carbocycles. The van der Waals surface area contributed by atoms with Gasteiger partial charge in [0.15, 0.2) is 0 Å². The Morgan fingerprint density at radius 2 is 1.91 bits per heavy atom. The molecule has 2 aromatic rings. The number of amides is 1. The molecular formula is C17H12ClNO3. The van der Waals surface area contributed by atoms with E-state index in [9.17, 15) is 9.59 Å². The maximum absolute atomic E-state index is 12.1. The zero-order chi connectivity index (χ0) is 15.7. The number of benzene rings is 2.